The molecule has 0 saturated carbocycles. The van der Waals surface area contributed by atoms with Crippen molar-refractivity contribution in [1.29, 1.82) is 0 Å². The Hall–Kier alpha value is -2.51. The minimum atomic E-state index is -0.518. The van der Waals surface area contributed by atoms with E-state index in [4.69, 9.17) is 9.47 Å². The Morgan fingerprint density at radius 2 is 1.78 bits per heavy atom. The molecule has 1 aromatic heterocycles. The van der Waals surface area contributed by atoms with Crippen LogP contribution in [0.3, 0.4) is 0 Å². The molecule has 1 saturated heterocycles. The van der Waals surface area contributed by atoms with Crippen molar-refractivity contribution >= 4 is 12.1 Å². The number of rotatable bonds is 4. The first kappa shape index (κ1) is 20.8. The van der Waals surface area contributed by atoms with Gasteiger partial charge in [-0.15, -0.1) is 0 Å². The van der Waals surface area contributed by atoms with Gasteiger partial charge >= 0.3 is 12.1 Å². The number of nitrogens with zero attached hydrogens (tertiary/aromatic N) is 3. The van der Waals surface area contributed by atoms with Crippen LogP contribution in [0, 0.1) is 0 Å². The van der Waals surface area contributed by atoms with E-state index in [2.05, 4.69) is 10.3 Å². The zero-order valence-corrected chi connectivity index (χ0v) is 16.8. The molecule has 1 fully saturated rings. The summed E-state index contributed by atoms with van der Waals surface area (Å²) in [4.78, 5) is 31.9. The third kappa shape index (κ3) is 6.96. The number of amides is 3. The lowest BCUT2D eigenvalue weighted by Gasteiger charge is -2.35. The Kier molecular flexibility index (Phi) is 6.87. The summed E-state index contributed by atoms with van der Waals surface area (Å²) in [6, 6.07) is 3.52. The lowest BCUT2D eigenvalue weighted by molar-refractivity contribution is 0.0170. The fraction of sp³-hybridized carbons (Fsp3) is 0.632. The molecule has 3 amide bonds. The molecule has 0 radical (unpaired) electrons. The second kappa shape index (κ2) is 8.92. The third-order valence-electron chi connectivity index (χ3n) is 3.82. The van der Waals surface area contributed by atoms with Crippen LogP contribution < -0.4 is 10.1 Å². The number of aromatic nitrogens is 1. The number of nitrogens with one attached hydrogen (secondary N) is 1. The highest BCUT2D eigenvalue weighted by atomic mass is 16.6. The molecule has 2 rings (SSSR count). The van der Waals surface area contributed by atoms with Crippen molar-refractivity contribution in [3.05, 3.63) is 23.9 Å². The Balaban J connectivity index is 1.75. The first-order valence-electron chi connectivity index (χ1n) is 9.26. The fourth-order valence-electron chi connectivity index (χ4n) is 2.53. The molecule has 0 bridgehead atoms. The van der Waals surface area contributed by atoms with Gasteiger partial charge in [0.15, 0.2) is 0 Å². The van der Waals surface area contributed by atoms with Crippen LogP contribution in [0.15, 0.2) is 18.3 Å². The number of carbonyl (C=O) groups is 2. The third-order valence-corrected chi connectivity index (χ3v) is 3.82. The molecule has 1 aliphatic heterocycles. The standard InChI is InChI=1S/C19H30N4O4/c1-14(2)26-16-7-6-15(12-20-16)13-21-17(24)22-8-10-23(11-9-22)18(25)27-19(3,4)5/h6-7,12,14H,8-11,13H2,1-5H3,(H,21,24). The van der Waals surface area contributed by atoms with Gasteiger partial charge in [-0.3, -0.25) is 0 Å². The van der Waals surface area contributed by atoms with E-state index in [1.54, 1.807) is 22.1 Å². The predicted octanol–water partition coefficient (Wildman–Crippen LogP) is 2.63. The lowest BCUT2D eigenvalue weighted by Crippen LogP contribution is -2.53. The average Bonchev–Trinajstić information content (AvgIpc) is 2.59. The Morgan fingerprint density at radius 3 is 2.30 bits per heavy atom. The van der Waals surface area contributed by atoms with E-state index in [1.807, 2.05) is 40.7 Å². The zero-order valence-electron chi connectivity index (χ0n) is 16.8. The van der Waals surface area contributed by atoms with Crippen molar-refractivity contribution in [2.24, 2.45) is 0 Å². The molecule has 1 N–H and O–H groups in total. The number of hydrogen-bond donors (Lipinski definition) is 1. The lowest BCUT2D eigenvalue weighted by atomic mass is 10.2. The second-order valence-corrected chi connectivity index (χ2v) is 7.78. The Bertz CT molecular complexity index is 632. The monoisotopic (exact) mass is 378 g/mol. The van der Waals surface area contributed by atoms with Crippen molar-refractivity contribution in [1.82, 2.24) is 20.1 Å². The largest absolute Gasteiger partial charge is 0.475 e. The maximum Gasteiger partial charge on any atom is 0.410 e. The van der Waals surface area contributed by atoms with Crippen LogP contribution in [0.4, 0.5) is 9.59 Å². The van der Waals surface area contributed by atoms with Gasteiger partial charge in [0.25, 0.3) is 0 Å². The van der Waals surface area contributed by atoms with Crippen LogP contribution in [0.1, 0.15) is 40.2 Å². The highest BCUT2D eigenvalue weighted by molar-refractivity contribution is 5.75. The van der Waals surface area contributed by atoms with Gasteiger partial charge in [-0.05, 0) is 40.2 Å². The number of piperazine rings is 1. The van der Waals surface area contributed by atoms with Crippen LogP contribution in [0.25, 0.3) is 0 Å². The van der Waals surface area contributed by atoms with Crippen LogP contribution >= 0.6 is 0 Å². The summed E-state index contributed by atoms with van der Waals surface area (Å²) in [5.74, 6) is 0.568. The number of carbonyl (C=O) groups excluding carboxylic acids is 2. The van der Waals surface area contributed by atoms with E-state index in [9.17, 15) is 9.59 Å². The SMILES string of the molecule is CC(C)Oc1ccc(CNC(=O)N2CCN(C(=O)OC(C)(C)C)CC2)cn1. The highest BCUT2D eigenvalue weighted by Gasteiger charge is 2.27. The summed E-state index contributed by atoms with van der Waals surface area (Å²) in [6.07, 6.45) is 1.43. The smallest absolute Gasteiger partial charge is 0.410 e. The van der Waals surface area contributed by atoms with Gasteiger partial charge in [0.2, 0.25) is 5.88 Å². The molecule has 150 valence electrons. The molecular formula is C19H30N4O4. The van der Waals surface area contributed by atoms with Crippen molar-refractivity contribution < 1.29 is 19.1 Å². The van der Waals surface area contributed by atoms with Crippen LogP contribution in [-0.4, -0.2) is 64.8 Å². The molecule has 27 heavy (non-hydrogen) atoms. The van der Waals surface area contributed by atoms with Crippen molar-refractivity contribution in [2.75, 3.05) is 26.2 Å². The fourth-order valence-corrected chi connectivity index (χ4v) is 2.53. The van der Waals surface area contributed by atoms with Gasteiger partial charge in [0.1, 0.15) is 5.60 Å². The number of hydrogen-bond acceptors (Lipinski definition) is 5. The summed E-state index contributed by atoms with van der Waals surface area (Å²) in [5.41, 5.74) is 0.377. The number of urea groups is 1. The summed E-state index contributed by atoms with van der Waals surface area (Å²) >= 11 is 0. The predicted molar refractivity (Wildman–Crippen MR) is 102 cm³/mol. The van der Waals surface area contributed by atoms with Gasteiger partial charge in [0.05, 0.1) is 6.10 Å². The molecule has 2 heterocycles. The molecule has 1 aromatic rings. The summed E-state index contributed by atoms with van der Waals surface area (Å²) in [7, 11) is 0. The molecule has 0 aromatic carbocycles. The average molecular weight is 378 g/mol. The van der Waals surface area contributed by atoms with E-state index in [-0.39, 0.29) is 18.2 Å². The molecule has 1 aliphatic rings. The van der Waals surface area contributed by atoms with Gasteiger partial charge in [-0.25, -0.2) is 14.6 Å². The van der Waals surface area contributed by atoms with Gasteiger partial charge in [-0.1, -0.05) is 6.07 Å². The van der Waals surface area contributed by atoms with E-state index in [0.717, 1.165) is 5.56 Å². The van der Waals surface area contributed by atoms with E-state index < -0.39 is 5.60 Å². The van der Waals surface area contributed by atoms with Gasteiger partial charge in [-0.2, -0.15) is 0 Å². The summed E-state index contributed by atoms with van der Waals surface area (Å²) in [5, 5.41) is 2.88. The molecule has 8 heteroatoms. The summed E-state index contributed by atoms with van der Waals surface area (Å²) in [6.45, 7) is 11.7. The van der Waals surface area contributed by atoms with E-state index in [0.29, 0.717) is 38.6 Å². The minimum absolute atomic E-state index is 0.0717. The first-order valence-corrected chi connectivity index (χ1v) is 9.26. The Labute approximate surface area is 160 Å². The molecule has 0 unspecified atom stereocenters. The number of pyridine rings is 1. The topological polar surface area (TPSA) is 84.0 Å². The number of ether oxygens (including phenoxy) is 2. The first-order chi connectivity index (χ1) is 12.6. The van der Waals surface area contributed by atoms with Crippen LogP contribution in [0.2, 0.25) is 0 Å². The zero-order chi connectivity index (χ0) is 20.0. The van der Waals surface area contributed by atoms with Crippen LogP contribution in [-0.2, 0) is 11.3 Å². The van der Waals surface area contributed by atoms with Crippen LogP contribution in [0.5, 0.6) is 5.88 Å². The van der Waals surface area contributed by atoms with E-state index >= 15 is 0 Å². The Morgan fingerprint density at radius 1 is 1.15 bits per heavy atom. The normalized spacial score (nSPS) is 14.9. The van der Waals surface area contributed by atoms with E-state index in [1.165, 1.54) is 0 Å². The minimum Gasteiger partial charge on any atom is -0.475 e. The van der Waals surface area contributed by atoms with Crippen molar-refractivity contribution in [2.45, 2.75) is 52.9 Å². The molecule has 0 aliphatic carbocycles. The van der Waals surface area contributed by atoms with Crippen molar-refractivity contribution in [3.63, 3.8) is 0 Å². The molecule has 8 nitrogen and oxygen atoms in total. The quantitative estimate of drug-likeness (QED) is 0.871. The second-order valence-electron chi connectivity index (χ2n) is 7.78. The maximum atomic E-state index is 12.3. The molecular weight excluding hydrogens is 348 g/mol. The summed E-state index contributed by atoms with van der Waals surface area (Å²) < 4.78 is 10.9. The van der Waals surface area contributed by atoms with Gasteiger partial charge in [0, 0.05) is 45.0 Å². The molecule has 0 spiro atoms. The van der Waals surface area contributed by atoms with Crippen molar-refractivity contribution in [3.8, 4) is 5.88 Å². The van der Waals surface area contributed by atoms with Gasteiger partial charge < -0.3 is 24.6 Å². The molecule has 0 atom stereocenters. The maximum absolute atomic E-state index is 12.3. The highest BCUT2D eigenvalue weighted by Crippen LogP contribution is 2.12.